The van der Waals surface area contributed by atoms with Gasteiger partial charge in [-0.25, -0.2) is 4.79 Å². The lowest BCUT2D eigenvalue weighted by atomic mass is 10.1. The van der Waals surface area contributed by atoms with Crippen LogP contribution in [0.5, 0.6) is 0 Å². The highest BCUT2D eigenvalue weighted by molar-refractivity contribution is 7.09. The predicted octanol–water partition coefficient (Wildman–Crippen LogP) is 2.09. The maximum atomic E-state index is 12.0. The minimum Gasteiger partial charge on any atom is -0.394 e. The van der Waals surface area contributed by atoms with Gasteiger partial charge in [0.15, 0.2) is 0 Å². The molecule has 1 aromatic heterocycles. The van der Waals surface area contributed by atoms with Gasteiger partial charge < -0.3 is 15.3 Å². The van der Waals surface area contributed by atoms with Crippen LogP contribution in [0.2, 0.25) is 0 Å². The van der Waals surface area contributed by atoms with E-state index in [1.807, 2.05) is 0 Å². The number of carbonyl (C=O) groups is 1. The Balaban J connectivity index is 1.73. The first-order valence-electron chi connectivity index (χ1n) is 6.88. The molecule has 2 amide bonds. The van der Waals surface area contributed by atoms with Crippen LogP contribution >= 0.6 is 11.3 Å². The third kappa shape index (κ3) is 3.94. The lowest BCUT2D eigenvalue weighted by Gasteiger charge is -2.24. The van der Waals surface area contributed by atoms with Crippen molar-refractivity contribution in [3.63, 3.8) is 0 Å². The van der Waals surface area contributed by atoms with Crippen LogP contribution in [-0.2, 0) is 6.42 Å². The van der Waals surface area contributed by atoms with Gasteiger partial charge in [-0.15, -0.1) is 11.3 Å². The lowest BCUT2D eigenvalue weighted by molar-refractivity contribution is 0.156. The van der Waals surface area contributed by atoms with Crippen molar-refractivity contribution in [3.05, 3.63) is 22.4 Å². The molecule has 2 rings (SSSR count). The number of rotatable bonds is 5. The molecule has 0 aliphatic carbocycles. The van der Waals surface area contributed by atoms with Crippen molar-refractivity contribution in [3.8, 4) is 0 Å². The summed E-state index contributed by atoms with van der Waals surface area (Å²) >= 11 is 1.76. The fourth-order valence-electron chi connectivity index (χ4n) is 2.50. The second kappa shape index (κ2) is 6.91. The van der Waals surface area contributed by atoms with Gasteiger partial charge in [0, 0.05) is 18.0 Å². The zero-order chi connectivity index (χ0) is 13.7. The summed E-state index contributed by atoms with van der Waals surface area (Å²) in [6, 6.07) is 4.16. The lowest BCUT2D eigenvalue weighted by Crippen LogP contribution is -2.45. The molecule has 0 bridgehead atoms. The standard InChI is InChI=1S/C14H22N2O2S/c1-11(8-13-5-3-7-19-13)9-15-14(18)16-6-2-4-12(16)10-17/h3,5,7,11-12,17H,2,4,6,8-10H2,1H3,(H,15,18)/t11-,12-/m1/s1. The number of aliphatic hydroxyl groups is 1. The smallest absolute Gasteiger partial charge is 0.317 e. The summed E-state index contributed by atoms with van der Waals surface area (Å²) in [5.74, 6) is 0.428. The second-order valence-corrected chi connectivity index (χ2v) is 6.28. The molecule has 0 unspecified atom stereocenters. The highest BCUT2D eigenvalue weighted by Crippen LogP contribution is 2.17. The highest BCUT2D eigenvalue weighted by Gasteiger charge is 2.27. The summed E-state index contributed by atoms with van der Waals surface area (Å²) in [7, 11) is 0. The highest BCUT2D eigenvalue weighted by atomic mass is 32.1. The summed E-state index contributed by atoms with van der Waals surface area (Å²) in [5.41, 5.74) is 0. The zero-order valence-corrected chi connectivity index (χ0v) is 12.2. The van der Waals surface area contributed by atoms with Crippen LogP contribution in [0.25, 0.3) is 0 Å². The quantitative estimate of drug-likeness (QED) is 0.869. The second-order valence-electron chi connectivity index (χ2n) is 5.25. The summed E-state index contributed by atoms with van der Waals surface area (Å²) in [4.78, 5) is 15.1. The van der Waals surface area contributed by atoms with E-state index in [1.165, 1.54) is 4.88 Å². The zero-order valence-electron chi connectivity index (χ0n) is 11.3. The fourth-order valence-corrected chi connectivity index (χ4v) is 3.37. The van der Waals surface area contributed by atoms with Gasteiger partial charge in [0.25, 0.3) is 0 Å². The molecule has 0 spiro atoms. The molecule has 0 radical (unpaired) electrons. The Labute approximate surface area is 118 Å². The van der Waals surface area contributed by atoms with E-state index in [0.717, 1.165) is 25.8 Å². The number of aliphatic hydroxyl groups excluding tert-OH is 1. The number of hydrogen-bond acceptors (Lipinski definition) is 3. The molecular weight excluding hydrogens is 260 g/mol. The van der Waals surface area contributed by atoms with Crippen LogP contribution in [0.4, 0.5) is 4.79 Å². The van der Waals surface area contributed by atoms with E-state index in [9.17, 15) is 9.90 Å². The molecule has 106 valence electrons. The molecule has 4 nitrogen and oxygen atoms in total. The van der Waals surface area contributed by atoms with Gasteiger partial charge in [0.2, 0.25) is 0 Å². The molecule has 19 heavy (non-hydrogen) atoms. The number of thiophene rings is 1. The summed E-state index contributed by atoms with van der Waals surface area (Å²) in [5, 5.41) is 14.3. The molecule has 0 aromatic carbocycles. The van der Waals surface area contributed by atoms with Crippen molar-refractivity contribution >= 4 is 17.4 Å². The first-order valence-corrected chi connectivity index (χ1v) is 7.76. The Morgan fingerprint density at radius 2 is 2.53 bits per heavy atom. The van der Waals surface area contributed by atoms with Gasteiger partial charge in [-0.1, -0.05) is 13.0 Å². The van der Waals surface area contributed by atoms with Crippen molar-refractivity contribution in [1.29, 1.82) is 0 Å². The first kappa shape index (κ1) is 14.3. The van der Waals surface area contributed by atoms with Crippen LogP contribution in [-0.4, -0.2) is 41.8 Å². The van der Waals surface area contributed by atoms with Crippen molar-refractivity contribution in [2.75, 3.05) is 19.7 Å². The number of amides is 2. The number of nitrogens with zero attached hydrogens (tertiary/aromatic N) is 1. The van der Waals surface area contributed by atoms with Gasteiger partial charge in [-0.3, -0.25) is 0 Å². The SMILES string of the molecule is C[C@@H](CNC(=O)N1CCC[C@@H]1CO)Cc1cccs1. The largest absolute Gasteiger partial charge is 0.394 e. The molecule has 1 aliphatic heterocycles. The number of likely N-dealkylation sites (tertiary alicyclic amines) is 1. The van der Waals surface area contributed by atoms with Gasteiger partial charge in [0.05, 0.1) is 12.6 Å². The molecule has 2 atom stereocenters. The summed E-state index contributed by atoms with van der Waals surface area (Å²) in [6.45, 7) is 3.66. The average Bonchev–Trinajstić information content (AvgIpc) is 3.06. The van der Waals surface area contributed by atoms with Crippen molar-refractivity contribution in [2.45, 2.75) is 32.2 Å². The Morgan fingerprint density at radius 3 is 3.21 bits per heavy atom. The molecule has 2 heterocycles. The Morgan fingerprint density at radius 1 is 1.68 bits per heavy atom. The van der Waals surface area contributed by atoms with Gasteiger partial charge in [0.1, 0.15) is 0 Å². The van der Waals surface area contributed by atoms with Gasteiger partial charge in [-0.2, -0.15) is 0 Å². The third-order valence-corrected chi connectivity index (χ3v) is 4.48. The van der Waals surface area contributed by atoms with E-state index in [0.29, 0.717) is 12.5 Å². The molecule has 5 heteroatoms. The third-order valence-electron chi connectivity index (χ3n) is 3.58. The summed E-state index contributed by atoms with van der Waals surface area (Å²) in [6.07, 6.45) is 2.90. The van der Waals surface area contributed by atoms with Crippen molar-refractivity contribution in [1.82, 2.24) is 10.2 Å². The Hall–Kier alpha value is -1.07. The van der Waals surface area contributed by atoms with E-state index < -0.39 is 0 Å². The number of hydrogen-bond donors (Lipinski definition) is 2. The van der Waals surface area contributed by atoms with Gasteiger partial charge >= 0.3 is 6.03 Å². The number of nitrogens with one attached hydrogen (secondary N) is 1. The number of carbonyl (C=O) groups excluding carboxylic acids is 1. The molecule has 1 aromatic rings. The maximum absolute atomic E-state index is 12.0. The predicted molar refractivity (Wildman–Crippen MR) is 77.4 cm³/mol. The minimum absolute atomic E-state index is 0.00704. The van der Waals surface area contributed by atoms with Crippen LogP contribution in [0.1, 0.15) is 24.6 Å². The maximum Gasteiger partial charge on any atom is 0.317 e. The monoisotopic (exact) mass is 282 g/mol. The van der Waals surface area contributed by atoms with E-state index in [-0.39, 0.29) is 18.7 Å². The van der Waals surface area contributed by atoms with Crippen LogP contribution in [0, 0.1) is 5.92 Å². The van der Waals surface area contributed by atoms with E-state index in [4.69, 9.17) is 0 Å². The molecule has 1 fully saturated rings. The van der Waals surface area contributed by atoms with Crippen LogP contribution in [0.3, 0.4) is 0 Å². The summed E-state index contributed by atoms with van der Waals surface area (Å²) < 4.78 is 0. The molecule has 2 N–H and O–H groups in total. The fraction of sp³-hybridized carbons (Fsp3) is 0.643. The molecule has 1 aliphatic rings. The average molecular weight is 282 g/mol. The van der Waals surface area contributed by atoms with Crippen LogP contribution in [0.15, 0.2) is 17.5 Å². The topological polar surface area (TPSA) is 52.6 Å². The van der Waals surface area contributed by atoms with E-state index >= 15 is 0 Å². The van der Waals surface area contributed by atoms with E-state index in [1.54, 1.807) is 16.2 Å². The van der Waals surface area contributed by atoms with Crippen LogP contribution < -0.4 is 5.32 Å². The molecule has 0 saturated carbocycles. The van der Waals surface area contributed by atoms with Crippen molar-refractivity contribution in [2.24, 2.45) is 5.92 Å². The van der Waals surface area contributed by atoms with Gasteiger partial charge in [-0.05, 0) is 36.6 Å². The van der Waals surface area contributed by atoms with Crippen molar-refractivity contribution < 1.29 is 9.90 Å². The molecular formula is C14H22N2O2S. The number of urea groups is 1. The normalized spacial score (nSPS) is 20.5. The molecule has 1 saturated heterocycles. The minimum atomic E-state index is -0.0328. The Bertz CT molecular complexity index is 394. The Kier molecular flexibility index (Phi) is 5.22. The first-order chi connectivity index (χ1) is 9.20. The van der Waals surface area contributed by atoms with E-state index in [2.05, 4.69) is 29.8 Å².